The summed E-state index contributed by atoms with van der Waals surface area (Å²) < 4.78 is 11.6. The second kappa shape index (κ2) is 10.0. The van der Waals surface area contributed by atoms with Crippen molar-refractivity contribution in [2.75, 3.05) is 36.5 Å². The molecule has 2 aliphatic heterocycles. The molecule has 4 rings (SSSR count). The lowest BCUT2D eigenvalue weighted by atomic mass is 10.0. The van der Waals surface area contributed by atoms with E-state index in [0.717, 1.165) is 50.5 Å². The van der Waals surface area contributed by atoms with Crippen LogP contribution in [0.2, 0.25) is 0 Å². The molecule has 2 aliphatic rings. The van der Waals surface area contributed by atoms with Gasteiger partial charge in [-0.05, 0) is 56.0 Å². The molecule has 0 amide bonds. The van der Waals surface area contributed by atoms with Crippen LogP contribution in [-0.4, -0.2) is 47.4 Å². The van der Waals surface area contributed by atoms with Gasteiger partial charge in [-0.3, -0.25) is 0 Å². The van der Waals surface area contributed by atoms with Gasteiger partial charge in [0.05, 0.1) is 6.10 Å². The Morgan fingerprint density at radius 2 is 2.10 bits per heavy atom. The van der Waals surface area contributed by atoms with Crippen LogP contribution in [0, 0.1) is 5.92 Å². The Morgan fingerprint density at radius 1 is 1.23 bits per heavy atom. The first-order valence-corrected chi connectivity index (χ1v) is 11.1. The summed E-state index contributed by atoms with van der Waals surface area (Å²) in [6, 6.07) is 11.6. The molecule has 3 heterocycles. The van der Waals surface area contributed by atoms with E-state index in [1.54, 1.807) is 0 Å². The number of nitrogens with one attached hydrogen (secondary N) is 2. The van der Waals surface area contributed by atoms with E-state index in [2.05, 4.69) is 27.4 Å². The lowest BCUT2D eigenvalue weighted by Gasteiger charge is -2.32. The highest BCUT2D eigenvalue weighted by atomic mass is 32.1. The van der Waals surface area contributed by atoms with Crippen LogP contribution in [0.1, 0.15) is 32.6 Å². The van der Waals surface area contributed by atoms with Crippen molar-refractivity contribution in [3.8, 4) is 11.6 Å². The van der Waals surface area contributed by atoms with Crippen LogP contribution in [0.5, 0.6) is 11.6 Å². The van der Waals surface area contributed by atoms with Gasteiger partial charge in [0.15, 0.2) is 5.11 Å². The van der Waals surface area contributed by atoms with Gasteiger partial charge in [0, 0.05) is 32.3 Å². The topological polar surface area (TPSA) is 71.5 Å². The van der Waals surface area contributed by atoms with Crippen LogP contribution >= 0.6 is 12.2 Å². The Balaban J connectivity index is 1.49. The second-order valence-electron chi connectivity index (χ2n) is 7.97. The monoisotopic (exact) mass is 427 g/mol. The van der Waals surface area contributed by atoms with Crippen molar-refractivity contribution < 1.29 is 9.47 Å². The zero-order valence-corrected chi connectivity index (χ0v) is 18.2. The molecule has 2 aromatic rings. The maximum absolute atomic E-state index is 6.00. The molecule has 0 unspecified atom stereocenters. The summed E-state index contributed by atoms with van der Waals surface area (Å²) in [7, 11) is 0. The maximum Gasteiger partial charge on any atom is 0.234 e. The molecule has 2 N–H and O–H groups in total. The van der Waals surface area contributed by atoms with Gasteiger partial charge in [0.1, 0.15) is 11.6 Å². The molecule has 1 aromatic heterocycles. The van der Waals surface area contributed by atoms with Gasteiger partial charge in [0.25, 0.3) is 0 Å². The minimum Gasteiger partial charge on any atom is -0.439 e. The van der Waals surface area contributed by atoms with Gasteiger partial charge in [0.2, 0.25) is 11.8 Å². The molecule has 30 heavy (non-hydrogen) atoms. The molecular formula is C22H29N5O2S. The van der Waals surface area contributed by atoms with E-state index in [0.29, 0.717) is 29.4 Å². The summed E-state index contributed by atoms with van der Waals surface area (Å²) >= 11 is 5.45. The van der Waals surface area contributed by atoms with E-state index in [9.17, 15) is 0 Å². The van der Waals surface area contributed by atoms with Crippen LogP contribution in [-0.2, 0) is 4.74 Å². The number of hydrogen-bond acceptors (Lipinski definition) is 6. The highest BCUT2D eigenvalue weighted by Gasteiger charge is 2.20. The van der Waals surface area contributed by atoms with Gasteiger partial charge < -0.3 is 25.0 Å². The lowest BCUT2D eigenvalue weighted by molar-refractivity contribution is 0.114. The highest BCUT2D eigenvalue weighted by molar-refractivity contribution is 7.80. The van der Waals surface area contributed by atoms with Crippen LogP contribution in [0.4, 0.5) is 11.8 Å². The first kappa shape index (κ1) is 20.8. The molecule has 0 spiro atoms. The molecule has 2 saturated heterocycles. The van der Waals surface area contributed by atoms with Crippen molar-refractivity contribution in [3.05, 3.63) is 36.4 Å². The molecule has 2 atom stereocenters. The largest absolute Gasteiger partial charge is 0.439 e. The maximum atomic E-state index is 6.00. The lowest BCUT2D eigenvalue weighted by Crippen LogP contribution is -2.36. The summed E-state index contributed by atoms with van der Waals surface area (Å²) in [4.78, 5) is 11.5. The Kier molecular flexibility index (Phi) is 6.96. The first-order valence-electron chi connectivity index (χ1n) is 10.7. The number of thiocarbonyl (C=S) groups is 1. The van der Waals surface area contributed by atoms with Crippen LogP contribution < -0.4 is 20.3 Å². The quantitative estimate of drug-likeness (QED) is 0.671. The van der Waals surface area contributed by atoms with E-state index in [4.69, 9.17) is 26.7 Å². The van der Waals surface area contributed by atoms with Crippen LogP contribution in [0.25, 0.3) is 0 Å². The summed E-state index contributed by atoms with van der Waals surface area (Å²) in [5.41, 5.74) is 0. The summed E-state index contributed by atoms with van der Waals surface area (Å²) in [6.45, 7) is 5.74. The Labute approximate surface area is 183 Å². The molecule has 160 valence electrons. The van der Waals surface area contributed by atoms with E-state index in [1.165, 1.54) is 6.42 Å². The third-order valence-electron chi connectivity index (χ3n) is 5.38. The number of aromatic nitrogens is 2. The minimum atomic E-state index is 0.212. The average molecular weight is 428 g/mol. The van der Waals surface area contributed by atoms with Gasteiger partial charge in [-0.1, -0.05) is 25.1 Å². The normalized spacial score (nSPS) is 21.3. The predicted octanol–water partition coefficient (Wildman–Crippen LogP) is 3.97. The van der Waals surface area contributed by atoms with Crippen molar-refractivity contribution >= 4 is 29.1 Å². The summed E-state index contributed by atoms with van der Waals surface area (Å²) in [5.74, 6) is 3.15. The molecular weight excluding hydrogens is 398 g/mol. The molecule has 7 nitrogen and oxygen atoms in total. The Morgan fingerprint density at radius 3 is 2.87 bits per heavy atom. The first-order chi connectivity index (χ1) is 14.7. The zero-order chi connectivity index (χ0) is 20.8. The van der Waals surface area contributed by atoms with Crippen molar-refractivity contribution in [2.24, 2.45) is 5.92 Å². The number of piperidine rings is 1. The molecule has 1 aromatic carbocycles. The molecule has 0 bridgehead atoms. The third kappa shape index (κ3) is 5.79. The molecule has 0 aliphatic carbocycles. The minimum absolute atomic E-state index is 0.212. The van der Waals surface area contributed by atoms with Gasteiger partial charge >= 0.3 is 0 Å². The molecule has 0 saturated carbocycles. The molecule has 2 fully saturated rings. The van der Waals surface area contributed by atoms with E-state index >= 15 is 0 Å². The summed E-state index contributed by atoms with van der Waals surface area (Å²) in [5, 5.41) is 6.81. The standard InChI is InChI=1S/C22H29N5O2S/c1-16-7-5-11-27(15-16)19-13-20(29-17-8-3-2-4-9-17)25-21(24-19)26-22(30)23-14-18-10-6-12-28-18/h2-4,8-9,13,16,18H,5-7,10-12,14-15H2,1H3,(H2,23,24,25,26,30)/t16-,18-/m1/s1. The number of para-hydroxylation sites is 1. The smallest absolute Gasteiger partial charge is 0.234 e. The van der Waals surface area contributed by atoms with E-state index in [1.807, 2.05) is 36.4 Å². The number of rotatable bonds is 6. The van der Waals surface area contributed by atoms with Crippen molar-refractivity contribution in [1.29, 1.82) is 0 Å². The highest BCUT2D eigenvalue weighted by Crippen LogP contribution is 2.27. The van der Waals surface area contributed by atoms with Crippen LogP contribution in [0.3, 0.4) is 0 Å². The SMILES string of the molecule is C[C@@H]1CCCN(c2cc(Oc3ccccc3)nc(NC(=S)NC[C@H]3CCCO3)n2)C1. The fourth-order valence-corrected chi connectivity index (χ4v) is 4.02. The van der Waals surface area contributed by atoms with Crippen molar-refractivity contribution in [2.45, 2.75) is 38.7 Å². The number of nitrogens with zero attached hydrogens (tertiary/aromatic N) is 3. The third-order valence-corrected chi connectivity index (χ3v) is 5.62. The van der Waals surface area contributed by atoms with Crippen LogP contribution in [0.15, 0.2) is 36.4 Å². The summed E-state index contributed by atoms with van der Waals surface area (Å²) in [6.07, 6.45) is 4.78. The van der Waals surface area contributed by atoms with E-state index < -0.39 is 0 Å². The zero-order valence-electron chi connectivity index (χ0n) is 17.3. The fraction of sp³-hybridized carbons (Fsp3) is 0.500. The van der Waals surface area contributed by atoms with Crippen molar-refractivity contribution in [3.63, 3.8) is 0 Å². The number of anilines is 2. The fourth-order valence-electron chi connectivity index (χ4n) is 3.85. The number of benzene rings is 1. The second-order valence-corrected chi connectivity index (χ2v) is 8.37. The number of hydrogen-bond donors (Lipinski definition) is 2. The van der Waals surface area contributed by atoms with E-state index in [-0.39, 0.29) is 6.10 Å². The van der Waals surface area contributed by atoms with Gasteiger partial charge in [-0.25, -0.2) is 0 Å². The molecule has 0 radical (unpaired) electrons. The van der Waals surface area contributed by atoms with Gasteiger partial charge in [-0.2, -0.15) is 9.97 Å². The predicted molar refractivity (Wildman–Crippen MR) is 122 cm³/mol. The van der Waals surface area contributed by atoms with Gasteiger partial charge in [-0.15, -0.1) is 0 Å². The average Bonchev–Trinajstić information content (AvgIpc) is 3.27. The Hall–Kier alpha value is -2.45. The number of ether oxygens (including phenoxy) is 2. The molecule has 8 heteroatoms. The van der Waals surface area contributed by atoms with Crippen molar-refractivity contribution in [1.82, 2.24) is 15.3 Å². The Bertz CT molecular complexity index is 845.